The molecule has 0 radical (unpaired) electrons. The van der Waals surface area contributed by atoms with Gasteiger partial charge < -0.3 is 0 Å². The Labute approximate surface area is 133 Å². The molecule has 22 heavy (non-hydrogen) atoms. The summed E-state index contributed by atoms with van der Waals surface area (Å²) in [7, 11) is -3.44. The molecule has 4 nitrogen and oxygen atoms in total. The highest BCUT2D eigenvalue weighted by molar-refractivity contribution is 7.90. The van der Waals surface area contributed by atoms with Gasteiger partial charge in [0.05, 0.1) is 11.8 Å². The minimum absolute atomic E-state index is 0.0347. The molecular formula is C17H25NO3S. The Morgan fingerprint density at radius 3 is 2.73 bits per heavy atom. The first-order valence-electron chi connectivity index (χ1n) is 8.49. The normalized spacial score (nSPS) is 43.7. The predicted octanol–water partition coefficient (Wildman–Crippen LogP) is 2.71. The summed E-state index contributed by atoms with van der Waals surface area (Å²) in [5.41, 5.74) is -0.162. The molecule has 3 aliphatic carbocycles. The fourth-order valence-corrected chi connectivity index (χ4v) is 8.36. The molecule has 3 fully saturated rings. The van der Waals surface area contributed by atoms with Crippen molar-refractivity contribution in [3.63, 3.8) is 0 Å². The van der Waals surface area contributed by atoms with E-state index in [0.717, 1.165) is 32.1 Å². The number of carbonyl (C=O) groups excluding carboxylic acids is 1. The Balaban J connectivity index is 1.66. The summed E-state index contributed by atoms with van der Waals surface area (Å²) < 4.78 is 26.8. The van der Waals surface area contributed by atoms with Crippen molar-refractivity contribution >= 4 is 15.9 Å². The van der Waals surface area contributed by atoms with Gasteiger partial charge in [-0.1, -0.05) is 26.0 Å². The van der Waals surface area contributed by atoms with Gasteiger partial charge in [0.2, 0.25) is 15.9 Å². The maximum Gasteiger partial charge on any atom is 0.238 e. The highest BCUT2D eigenvalue weighted by atomic mass is 32.2. The predicted molar refractivity (Wildman–Crippen MR) is 84.5 cm³/mol. The number of hydrogen-bond donors (Lipinski definition) is 0. The first kappa shape index (κ1) is 14.7. The van der Waals surface area contributed by atoms with Crippen LogP contribution in [0.1, 0.15) is 52.4 Å². The van der Waals surface area contributed by atoms with Gasteiger partial charge >= 0.3 is 0 Å². The van der Waals surface area contributed by atoms with Crippen LogP contribution in [0.2, 0.25) is 0 Å². The lowest BCUT2D eigenvalue weighted by Gasteiger charge is -2.37. The zero-order chi connectivity index (χ0) is 15.8. The van der Waals surface area contributed by atoms with Crippen molar-refractivity contribution in [3.8, 4) is 0 Å². The molecule has 4 aliphatic rings. The highest BCUT2D eigenvalue weighted by Gasteiger charge is 2.72. The summed E-state index contributed by atoms with van der Waals surface area (Å²) in [4.78, 5) is 12.8. The second kappa shape index (κ2) is 4.37. The lowest BCUT2D eigenvalue weighted by Crippen LogP contribution is -2.44. The van der Waals surface area contributed by atoms with Crippen molar-refractivity contribution in [2.75, 3.05) is 5.75 Å². The molecule has 122 valence electrons. The Bertz CT molecular complexity index is 651. The van der Waals surface area contributed by atoms with Gasteiger partial charge in [0, 0.05) is 11.8 Å². The summed E-state index contributed by atoms with van der Waals surface area (Å²) in [6.07, 6.45) is 9.45. The van der Waals surface area contributed by atoms with Crippen molar-refractivity contribution in [1.82, 2.24) is 4.31 Å². The number of carbonyl (C=O) groups is 1. The molecule has 4 rings (SSSR count). The molecule has 1 amide bonds. The fraction of sp³-hybridized carbons (Fsp3) is 0.824. The standard InChI is InChI=1S/C17H25NO3S/c1-16(2)13-7-8-17(16)11-22(20,21)18(14(17)10-13)15(19)9-12-5-3-4-6-12/h3,5,12-14H,4,6-11H2,1-2H3/t12-,13-,14-,17-/m1/s1. The van der Waals surface area contributed by atoms with Crippen molar-refractivity contribution in [2.24, 2.45) is 22.7 Å². The molecule has 5 heteroatoms. The minimum Gasteiger partial charge on any atom is -0.274 e. The van der Waals surface area contributed by atoms with Crippen LogP contribution < -0.4 is 0 Å². The van der Waals surface area contributed by atoms with Crippen LogP contribution in [0.25, 0.3) is 0 Å². The second-order valence-corrected chi connectivity index (χ2v) is 10.1. The summed E-state index contributed by atoms with van der Waals surface area (Å²) in [6.45, 7) is 4.43. The van der Waals surface area contributed by atoms with E-state index in [1.54, 1.807) is 0 Å². The van der Waals surface area contributed by atoms with E-state index in [1.807, 2.05) is 0 Å². The van der Waals surface area contributed by atoms with E-state index < -0.39 is 10.0 Å². The quantitative estimate of drug-likeness (QED) is 0.734. The van der Waals surface area contributed by atoms with Gasteiger partial charge in [-0.25, -0.2) is 12.7 Å². The molecular weight excluding hydrogens is 298 g/mol. The molecule has 1 saturated heterocycles. The molecule has 4 atom stereocenters. The van der Waals surface area contributed by atoms with Crippen molar-refractivity contribution < 1.29 is 13.2 Å². The lowest BCUT2D eigenvalue weighted by atomic mass is 9.69. The van der Waals surface area contributed by atoms with Gasteiger partial charge in [0.15, 0.2) is 0 Å². The van der Waals surface area contributed by atoms with E-state index in [-0.39, 0.29) is 34.4 Å². The molecule has 0 aromatic heterocycles. The average Bonchev–Trinajstić information content (AvgIpc) is 3.09. The SMILES string of the molecule is CC1(C)[C@@H]2CC[C@]13CS(=O)(=O)N(C(=O)C[C@@H]1C=CCC1)[C@@H]3C2. The average molecular weight is 323 g/mol. The zero-order valence-corrected chi connectivity index (χ0v) is 14.2. The van der Waals surface area contributed by atoms with Crippen LogP contribution in [0.15, 0.2) is 12.2 Å². The first-order chi connectivity index (χ1) is 10.3. The summed E-state index contributed by atoms with van der Waals surface area (Å²) in [5.74, 6) is 0.808. The largest absolute Gasteiger partial charge is 0.274 e. The topological polar surface area (TPSA) is 54.5 Å². The van der Waals surface area contributed by atoms with Crippen LogP contribution >= 0.6 is 0 Å². The summed E-state index contributed by atoms with van der Waals surface area (Å²) in [6, 6.07) is -0.0795. The van der Waals surface area contributed by atoms with Gasteiger partial charge in [-0.2, -0.15) is 0 Å². The number of rotatable bonds is 2. The molecule has 1 aliphatic heterocycles. The fourth-order valence-electron chi connectivity index (χ4n) is 5.80. The van der Waals surface area contributed by atoms with Gasteiger partial charge in [0.1, 0.15) is 0 Å². The number of hydrogen-bond acceptors (Lipinski definition) is 3. The molecule has 0 N–H and O–H groups in total. The van der Waals surface area contributed by atoms with Crippen molar-refractivity contribution in [3.05, 3.63) is 12.2 Å². The van der Waals surface area contributed by atoms with E-state index in [0.29, 0.717) is 12.3 Å². The zero-order valence-electron chi connectivity index (χ0n) is 13.4. The van der Waals surface area contributed by atoms with Gasteiger partial charge in [-0.05, 0) is 49.4 Å². The van der Waals surface area contributed by atoms with Crippen LogP contribution in [-0.2, 0) is 14.8 Å². The van der Waals surface area contributed by atoms with Crippen LogP contribution in [0, 0.1) is 22.7 Å². The van der Waals surface area contributed by atoms with E-state index >= 15 is 0 Å². The molecule has 2 saturated carbocycles. The van der Waals surface area contributed by atoms with Crippen LogP contribution in [0.3, 0.4) is 0 Å². The Morgan fingerprint density at radius 1 is 1.32 bits per heavy atom. The van der Waals surface area contributed by atoms with Crippen LogP contribution in [0.4, 0.5) is 0 Å². The number of nitrogens with zero attached hydrogens (tertiary/aromatic N) is 1. The van der Waals surface area contributed by atoms with E-state index in [9.17, 15) is 13.2 Å². The number of amides is 1. The molecule has 0 aromatic rings. The molecule has 2 bridgehead atoms. The smallest absolute Gasteiger partial charge is 0.238 e. The molecule has 1 spiro atoms. The molecule has 0 unspecified atom stereocenters. The van der Waals surface area contributed by atoms with Gasteiger partial charge in [-0.15, -0.1) is 0 Å². The highest BCUT2D eigenvalue weighted by Crippen LogP contribution is 2.70. The maximum atomic E-state index is 12.8. The number of fused-ring (bicyclic) bond motifs is 1. The second-order valence-electron chi connectivity index (χ2n) is 8.28. The van der Waals surface area contributed by atoms with Gasteiger partial charge in [-0.3, -0.25) is 4.79 Å². The third-order valence-corrected chi connectivity index (χ3v) is 9.14. The third-order valence-electron chi connectivity index (χ3n) is 7.21. The van der Waals surface area contributed by atoms with Crippen LogP contribution in [-0.4, -0.2) is 30.4 Å². The first-order valence-corrected chi connectivity index (χ1v) is 10.1. The van der Waals surface area contributed by atoms with Gasteiger partial charge in [0.25, 0.3) is 0 Å². The van der Waals surface area contributed by atoms with E-state index in [1.165, 1.54) is 4.31 Å². The minimum atomic E-state index is -3.44. The third kappa shape index (κ3) is 1.69. The Hall–Kier alpha value is -0.840. The summed E-state index contributed by atoms with van der Waals surface area (Å²) in [5, 5.41) is 0. The van der Waals surface area contributed by atoms with Crippen molar-refractivity contribution in [1.29, 1.82) is 0 Å². The number of sulfonamides is 1. The Morgan fingerprint density at radius 2 is 2.09 bits per heavy atom. The lowest BCUT2D eigenvalue weighted by molar-refractivity contribution is -0.129. The van der Waals surface area contributed by atoms with Crippen LogP contribution in [0.5, 0.6) is 0 Å². The molecule has 0 aromatic carbocycles. The monoisotopic (exact) mass is 323 g/mol. The van der Waals surface area contributed by atoms with E-state index in [2.05, 4.69) is 26.0 Å². The van der Waals surface area contributed by atoms with Crippen molar-refractivity contribution in [2.45, 2.75) is 58.4 Å². The number of allylic oxidation sites excluding steroid dienone is 2. The molecule has 1 heterocycles. The van der Waals surface area contributed by atoms with E-state index in [4.69, 9.17) is 0 Å². The summed E-state index contributed by atoms with van der Waals surface area (Å²) >= 11 is 0. The Kier molecular flexibility index (Phi) is 2.93. The maximum absolute atomic E-state index is 12.8.